The number of hydrogen-bond acceptors (Lipinski definition) is 4. The number of nitrogens with zero attached hydrogens (tertiary/aromatic N) is 1. The van der Waals surface area contributed by atoms with Crippen molar-refractivity contribution in [3.63, 3.8) is 0 Å². The lowest BCUT2D eigenvalue weighted by atomic mass is 10.2. The second-order valence-electron chi connectivity index (χ2n) is 3.53. The van der Waals surface area contributed by atoms with E-state index in [9.17, 15) is 8.42 Å². The monoisotopic (exact) mass is 207 g/mol. The van der Waals surface area contributed by atoms with Crippen molar-refractivity contribution in [1.29, 1.82) is 0 Å². The first-order valence-electron chi connectivity index (χ1n) is 4.34. The van der Waals surface area contributed by atoms with Crippen LogP contribution in [0.25, 0.3) is 0 Å². The van der Waals surface area contributed by atoms with Crippen LogP contribution in [0.2, 0.25) is 0 Å². The van der Waals surface area contributed by atoms with Crippen molar-refractivity contribution in [2.45, 2.75) is 6.04 Å². The van der Waals surface area contributed by atoms with E-state index in [-0.39, 0.29) is 6.04 Å². The summed E-state index contributed by atoms with van der Waals surface area (Å²) in [6.45, 7) is 3.31. The molecule has 0 aromatic rings. The molecule has 78 valence electrons. The van der Waals surface area contributed by atoms with E-state index < -0.39 is 10.0 Å². The van der Waals surface area contributed by atoms with E-state index in [0.717, 1.165) is 19.6 Å². The minimum absolute atomic E-state index is 0.230. The van der Waals surface area contributed by atoms with Gasteiger partial charge >= 0.3 is 0 Å². The number of rotatable bonds is 3. The third-order valence-electron chi connectivity index (χ3n) is 2.05. The van der Waals surface area contributed by atoms with Crippen molar-refractivity contribution in [3.05, 3.63) is 0 Å². The van der Waals surface area contributed by atoms with E-state index in [1.165, 1.54) is 6.26 Å². The topological polar surface area (TPSA) is 61.4 Å². The van der Waals surface area contributed by atoms with Gasteiger partial charge in [0.2, 0.25) is 10.0 Å². The van der Waals surface area contributed by atoms with Gasteiger partial charge in [0.1, 0.15) is 0 Å². The van der Waals surface area contributed by atoms with Crippen LogP contribution in [0.1, 0.15) is 0 Å². The van der Waals surface area contributed by atoms with Gasteiger partial charge in [0.15, 0.2) is 0 Å². The Hall–Kier alpha value is -0.170. The predicted octanol–water partition coefficient (Wildman–Crippen LogP) is -1.56. The average Bonchev–Trinajstić information content (AvgIpc) is 2.00. The summed E-state index contributed by atoms with van der Waals surface area (Å²) in [6, 6.07) is 0.230. The van der Waals surface area contributed by atoms with Crippen LogP contribution in [0, 0.1) is 0 Å². The molecule has 0 spiro atoms. The van der Waals surface area contributed by atoms with Crippen LogP contribution in [0.3, 0.4) is 0 Å². The molecule has 2 N–H and O–H groups in total. The van der Waals surface area contributed by atoms with Gasteiger partial charge in [0.05, 0.1) is 6.26 Å². The summed E-state index contributed by atoms with van der Waals surface area (Å²) in [5, 5.41) is 3.25. The molecule has 1 unspecified atom stereocenters. The fraction of sp³-hybridized carbons (Fsp3) is 1.00. The van der Waals surface area contributed by atoms with Gasteiger partial charge in [-0.1, -0.05) is 0 Å². The molecule has 13 heavy (non-hydrogen) atoms. The quantitative estimate of drug-likeness (QED) is 0.587. The largest absolute Gasteiger partial charge is 0.310 e. The minimum Gasteiger partial charge on any atom is -0.310 e. The maximum absolute atomic E-state index is 10.8. The summed E-state index contributed by atoms with van der Waals surface area (Å²) in [5.74, 6) is 0. The van der Waals surface area contributed by atoms with Crippen molar-refractivity contribution >= 4 is 10.0 Å². The normalized spacial score (nSPS) is 26.2. The standard InChI is InChI=1S/C7H17N3O2S/c1-10-4-3-8-7(6-10)5-9-13(2,11)12/h7-9H,3-6H2,1-2H3. The highest BCUT2D eigenvalue weighted by Crippen LogP contribution is 1.94. The second-order valence-corrected chi connectivity index (χ2v) is 5.37. The van der Waals surface area contributed by atoms with Gasteiger partial charge in [-0.3, -0.25) is 0 Å². The molecule has 1 heterocycles. The smallest absolute Gasteiger partial charge is 0.208 e. The van der Waals surface area contributed by atoms with Gasteiger partial charge in [-0.05, 0) is 7.05 Å². The van der Waals surface area contributed by atoms with E-state index >= 15 is 0 Å². The molecule has 1 fully saturated rings. The molecule has 1 rings (SSSR count). The number of hydrogen-bond donors (Lipinski definition) is 2. The van der Waals surface area contributed by atoms with E-state index in [2.05, 4.69) is 14.9 Å². The SMILES string of the molecule is CN1CCNC(CNS(C)(=O)=O)C1. The molecule has 0 bridgehead atoms. The third-order valence-corrected chi connectivity index (χ3v) is 2.74. The van der Waals surface area contributed by atoms with Crippen molar-refractivity contribution in [1.82, 2.24) is 14.9 Å². The molecule has 1 aliphatic rings. The van der Waals surface area contributed by atoms with Crippen LogP contribution in [0.5, 0.6) is 0 Å². The van der Waals surface area contributed by atoms with Crippen LogP contribution >= 0.6 is 0 Å². The molecule has 0 aromatic carbocycles. The van der Waals surface area contributed by atoms with Gasteiger partial charge in [-0.15, -0.1) is 0 Å². The summed E-state index contributed by atoms with van der Waals surface area (Å²) >= 11 is 0. The Kier molecular flexibility index (Phi) is 3.66. The Morgan fingerprint density at radius 3 is 2.85 bits per heavy atom. The van der Waals surface area contributed by atoms with Crippen molar-refractivity contribution < 1.29 is 8.42 Å². The molecule has 0 aromatic heterocycles. The van der Waals surface area contributed by atoms with Crippen molar-refractivity contribution in [2.24, 2.45) is 0 Å². The molecule has 5 nitrogen and oxygen atoms in total. The Morgan fingerprint density at radius 1 is 1.62 bits per heavy atom. The molecule has 0 amide bonds. The first-order chi connectivity index (χ1) is 5.97. The predicted molar refractivity (Wildman–Crippen MR) is 52.1 cm³/mol. The molecule has 0 aliphatic carbocycles. The molecule has 6 heteroatoms. The maximum Gasteiger partial charge on any atom is 0.208 e. The summed E-state index contributed by atoms with van der Waals surface area (Å²) in [5.41, 5.74) is 0. The number of nitrogens with one attached hydrogen (secondary N) is 2. The molecule has 0 saturated carbocycles. The lowest BCUT2D eigenvalue weighted by molar-refractivity contribution is 0.239. The Balaban J connectivity index is 2.29. The van der Waals surface area contributed by atoms with Crippen LogP contribution in [-0.4, -0.2) is 58.8 Å². The maximum atomic E-state index is 10.8. The highest BCUT2D eigenvalue weighted by Gasteiger charge is 2.16. The summed E-state index contributed by atoms with van der Waals surface area (Å²) < 4.78 is 24.1. The zero-order valence-electron chi connectivity index (χ0n) is 8.08. The first kappa shape index (κ1) is 10.9. The van der Waals surface area contributed by atoms with Gasteiger partial charge in [0.25, 0.3) is 0 Å². The highest BCUT2D eigenvalue weighted by atomic mass is 32.2. The lowest BCUT2D eigenvalue weighted by Gasteiger charge is -2.30. The van der Waals surface area contributed by atoms with Crippen LogP contribution in [0.4, 0.5) is 0 Å². The second kappa shape index (κ2) is 4.36. The number of piperazine rings is 1. The molecular weight excluding hydrogens is 190 g/mol. The van der Waals surface area contributed by atoms with Crippen LogP contribution in [0.15, 0.2) is 0 Å². The number of likely N-dealkylation sites (N-methyl/N-ethyl adjacent to an activating group) is 1. The van der Waals surface area contributed by atoms with Gasteiger partial charge in [-0.2, -0.15) is 0 Å². The van der Waals surface area contributed by atoms with Gasteiger partial charge in [0, 0.05) is 32.2 Å². The molecule has 1 saturated heterocycles. The van der Waals surface area contributed by atoms with Crippen LogP contribution < -0.4 is 10.0 Å². The minimum atomic E-state index is -3.05. The van der Waals surface area contributed by atoms with Crippen LogP contribution in [-0.2, 0) is 10.0 Å². The number of sulfonamides is 1. The Labute approximate surface area is 79.5 Å². The lowest BCUT2D eigenvalue weighted by Crippen LogP contribution is -2.53. The Bertz CT molecular complexity index is 252. The zero-order valence-corrected chi connectivity index (χ0v) is 8.89. The van der Waals surface area contributed by atoms with E-state index in [1.807, 2.05) is 7.05 Å². The first-order valence-corrected chi connectivity index (χ1v) is 6.23. The molecule has 0 radical (unpaired) electrons. The fourth-order valence-corrected chi connectivity index (χ4v) is 1.88. The molecule has 1 aliphatic heterocycles. The van der Waals surface area contributed by atoms with E-state index in [4.69, 9.17) is 0 Å². The summed E-state index contributed by atoms with van der Waals surface area (Å²) in [6.07, 6.45) is 1.18. The Morgan fingerprint density at radius 2 is 2.31 bits per heavy atom. The van der Waals surface area contributed by atoms with Gasteiger partial charge < -0.3 is 10.2 Å². The van der Waals surface area contributed by atoms with Crippen molar-refractivity contribution in [2.75, 3.05) is 39.5 Å². The zero-order chi connectivity index (χ0) is 9.90. The van der Waals surface area contributed by atoms with E-state index in [0.29, 0.717) is 6.54 Å². The summed E-state index contributed by atoms with van der Waals surface area (Å²) in [7, 11) is -1.01. The fourth-order valence-electron chi connectivity index (χ4n) is 1.38. The molecule has 1 atom stereocenters. The average molecular weight is 207 g/mol. The highest BCUT2D eigenvalue weighted by molar-refractivity contribution is 7.88. The van der Waals surface area contributed by atoms with Crippen molar-refractivity contribution in [3.8, 4) is 0 Å². The molecular formula is C7H17N3O2S. The third kappa shape index (κ3) is 4.56. The summed E-state index contributed by atoms with van der Waals surface area (Å²) in [4.78, 5) is 2.19. The van der Waals surface area contributed by atoms with Gasteiger partial charge in [-0.25, -0.2) is 13.1 Å². The van der Waals surface area contributed by atoms with E-state index in [1.54, 1.807) is 0 Å².